The lowest BCUT2D eigenvalue weighted by Crippen LogP contribution is -2.28. The molecule has 5 heteroatoms. The van der Waals surface area contributed by atoms with E-state index < -0.39 is 18.5 Å². The van der Waals surface area contributed by atoms with Gasteiger partial charge < -0.3 is 10.1 Å². The van der Waals surface area contributed by atoms with Crippen LogP contribution in [0.5, 0.6) is 0 Å². The number of hydrogen-bond acceptors (Lipinski definition) is 3. The Morgan fingerprint density at radius 1 is 1.09 bits per heavy atom. The molecule has 4 nitrogen and oxygen atoms in total. The Hall–Kier alpha value is -2.69. The Labute approximate surface area is 127 Å². The molecule has 0 atom stereocenters. The number of rotatable bonds is 5. The van der Waals surface area contributed by atoms with Crippen LogP contribution < -0.4 is 5.32 Å². The van der Waals surface area contributed by atoms with Gasteiger partial charge in [-0.3, -0.25) is 4.79 Å². The fraction of sp³-hybridized carbons (Fsp3) is 0.176. The van der Waals surface area contributed by atoms with Crippen LogP contribution in [0.4, 0.5) is 4.39 Å². The van der Waals surface area contributed by atoms with Gasteiger partial charge in [0.1, 0.15) is 5.82 Å². The molecule has 1 N–H and O–H groups in total. The minimum absolute atomic E-state index is 0.0490. The lowest BCUT2D eigenvalue weighted by Gasteiger charge is -2.08. The summed E-state index contributed by atoms with van der Waals surface area (Å²) in [5, 5.41) is 2.51. The predicted octanol–water partition coefficient (Wildman–Crippen LogP) is 2.61. The molecule has 0 heterocycles. The maximum Gasteiger partial charge on any atom is 0.338 e. The molecule has 114 valence electrons. The van der Waals surface area contributed by atoms with Gasteiger partial charge in [0.25, 0.3) is 5.91 Å². The highest BCUT2D eigenvalue weighted by Gasteiger charge is 2.12. The van der Waals surface area contributed by atoms with E-state index in [4.69, 9.17) is 4.74 Å². The number of carbonyl (C=O) groups is 2. The van der Waals surface area contributed by atoms with Crippen molar-refractivity contribution in [2.24, 2.45) is 0 Å². The number of hydrogen-bond donors (Lipinski definition) is 1. The van der Waals surface area contributed by atoms with Gasteiger partial charge in [-0.05, 0) is 24.6 Å². The van der Waals surface area contributed by atoms with Crippen molar-refractivity contribution in [2.75, 3.05) is 6.61 Å². The van der Waals surface area contributed by atoms with E-state index in [1.807, 2.05) is 6.07 Å². The van der Waals surface area contributed by atoms with Crippen molar-refractivity contribution in [1.82, 2.24) is 5.32 Å². The monoisotopic (exact) mass is 301 g/mol. The van der Waals surface area contributed by atoms with Crippen LogP contribution in [-0.4, -0.2) is 18.5 Å². The third-order valence-corrected chi connectivity index (χ3v) is 3.13. The van der Waals surface area contributed by atoms with Crippen LogP contribution in [0.3, 0.4) is 0 Å². The molecule has 0 spiro atoms. The van der Waals surface area contributed by atoms with E-state index in [1.54, 1.807) is 43.3 Å². The fourth-order valence-electron chi connectivity index (χ4n) is 1.90. The summed E-state index contributed by atoms with van der Waals surface area (Å²) >= 11 is 0. The number of halogens is 1. The number of esters is 1. The Balaban J connectivity index is 1.82. The van der Waals surface area contributed by atoms with E-state index >= 15 is 0 Å². The molecule has 0 unspecified atom stereocenters. The van der Waals surface area contributed by atoms with E-state index in [2.05, 4.69) is 5.32 Å². The molecule has 0 aliphatic carbocycles. The van der Waals surface area contributed by atoms with Crippen molar-refractivity contribution in [1.29, 1.82) is 0 Å². The topological polar surface area (TPSA) is 55.4 Å². The molecule has 0 aliphatic heterocycles. The summed E-state index contributed by atoms with van der Waals surface area (Å²) in [5.74, 6) is -1.43. The quantitative estimate of drug-likeness (QED) is 0.864. The Morgan fingerprint density at radius 3 is 2.50 bits per heavy atom. The number of benzene rings is 2. The normalized spacial score (nSPS) is 10.1. The van der Waals surface area contributed by atoms with Gasteiger partial charge in [-0.2, -0.15) is 0 Å². The van der Waals surface area contributed by atoms with Crippen molar-refractivity contribution in [3.63, 3.8) is 0 Å². The van der Waals surface area contributed by atoms with Gasteiger partial charge in [0, 0.05) is 12.1 Å². The molecule has 22 heavy (non-hydrogen) atoms. The summed E-state index contributed by atoms with van der Waals surface area (Å²) in [6, 6.07) is 13.1. The summed E-state index contributed by atoms with van der Waals surface area (Å²) in [6.07, 6.45) is 0. The zero-order valence-electron chi connectivity index (χ0n) is 12.1. The fourth-order valence-corrected chi connectivity index (χ4v) is 1.90. The lowest BCUT2D eigenvalue weighted by atomic mass is 10.1. The predicted molar refractivity (Wildman–Crippen MR) is 79.7 cm³/mol. The Morgan fingerprint density at radius 2 is 1.77 bits per heavy atom. The minimum Gasteiger partial charge on any atom is -0.452 e. The van der Waals surface area contributed by atoms with Gasteiger partial charge in [0.15, 0.2) is 6.61 Å². The second-order valence-corrected chi connectivity index (χ2v) is 4.76. The average Bonchev–Trinajstić information content (AvgIpc) is 2.52. The van der Waals surface area contributed by atoms with Crippen molar-refractivity contribution in [2.45, 2.75) is 13.5 Å². The molecule has 0 bridgehead atoms. The maximum atomic E-state index is 13.4. The number of amides is 1. The number of nitrogens with one attached hydrogen (secondary N) is 1. The third-order valence-electron chi connectivity index (χ3n) is 3.13. The molecule has 0 aromatic heterocycles. The second kappa shape index (κ2) is 7.36. The van der Waals surface area contributed by atoms with Crippen molar-refractivity contribution < 1.29 is 18.7 Å². The van der Waals surface area contributed by atoms with E-state index in [1.165, 1.54) is 6.07 Å². The van der Waals surface area contributed by atoms with Crippen LogP contribution in [0, 0.1) is 12.7 Å². The molecule has 0 radical (unpaired) electrons. The Bertz CT molecular complexity index is 685. The SMILES string of the molecule is Cc1ccccc1C(=O)OCC(=O)NCc1ccccc1F. The summed E-state index contributed by atoms with van der Waals surface area (Å²) in [5.41, 5.74) is 1.57. The first-order valence-electron chi connectivity index (χ1n) is 6.81. The number of aryl methyl sites for hydroxylation is 1. The zero-order chi connectivity index (χ0) is 15.9. The molecule has 0 saturated carbocycles. The van der Waals surface area contributed by atoms with E-state index in [9.17, 15) is 14.0 Å². The summed E-state index contributed by atoms with van der Waals surface area (Å²) in [6.45, 7) is 1.43. The zero-order valence-corrected chi connectivity index (χ0v) is 12.1. The van der Waals surface area contributed by atoms with E-state index in [0.29, 0.717) is 11.1 Å². The highest BCUT2D eigenvalue weighted by molar-refractivity contribution is 5.92. The van der Waals surface area contributed by atoms with Gasteiger partial charge >= 0.3 is 5.97 Å². The van der Waals surface area contributed by atoms with Gasteiger partial charge in [0.05, 0.1) is 5.56 Å². The maximum absolute atomic E-state index is 13.4. The minimum atomic E-state index is -0.556. The largest absolute Gasteiger partial charge is 0.452 e. The molecule has 0 aliphatic rings. The highest BCUT2D eigenvalue weighted by Crippen LogP contribution is 2.08. The van der Waals surface area contributed by atoms with Crippen LogP contribution >= 0.6 is 0 Å². The molecule has 2 aromatic carbocycles. The number of carbonyl (C=O) groups excluding carboxylic acids is 2. The van der Waals surface area contributed by atoms with E-state index in [0.717, 1.165) is 5.56 Å². The van der Waals surface area contributed by atoms with Crippen molar-refractivity contribution >= 4 is 11.9 Å². The Kier molecular flexibility index (Phi) is 5.25. The van der Waals surface area contributed by atoms with Gasteiger partial charge in [-0.15, -0.1) is 0 Å². The van der Waals surface area contributed by atoms with Gasteiger partial charge in [-0.1, -0.05) is 36.4 Å². The van der Waals surface area contributed by atoms with Gasteiger partial charge in [-0.25, -0.2) is 9.18 Å². The third kappa shape index (κ3) is 4.15. The van der Waals surface area contributed by atoms with Crippen molar-refractivity contribution in [3.8, 4) is 0 Å². The molecular formula is C17H16FNO3. The smallest absolute Gasteiger partial charge is 0.338 e. The summed E-state index contributed by atoms with van der Waals surface area (Å²) in [7, 11) is 0. The van der Waals surface area contributed by atoms with Crippen LogP contribution in [0.2, 0.25) is 0 Å². The van der Waals surface area contributed by atoms with E-state index in [-0.39, 0.29) is 12.4 Å². The molecule has 0 saturated heterocycles. The first-order valence-corrected chi connectivity index (χ1v) is 6.81. The van der Waals surface area contributed by atoms with Gasteiger partial charge in [0.2, 0.25) is 0 Å². The van der Waals surface area contributed by atoms with Crippen molar-refractivity contribution in [3.05, 3.63) is 71.0 Å². The molecule has 2 aromatic rings. The highest BCUT2D eigenvalue weighted by atomic mass is 19.1. The average molecular weight is 301 g/mol. The van der Waals surface area contributed by atoms with Crippen LogP contribution in [-0.2, 0) is 16.1 Å². The first kappa shape index (κ1) is 15.7. The summed E-state index contributed by atoms with van der Waals surface area (Å²) < 4.78 is 18.3. The molecular weight excluding hydrogens is 285 g/mol. The lowest BCUT2D eigenvalue weighted by molar-refractivity contribution is -0.124. The van der Waals surface area contributed by atoms with Crippen LogP contribution in [0.25, 0.3) is 0 Å². The molecule has 2 rings (SSSR count). The van der Waals surface area contributed by atoms with Crippen LogP contribution in [0.15, 0.2) is 48.5 Å². The second-order valence-electron chi connectivity index (χ2n) is 4.76. The number of ether oxygens (including phenoxy) is 1. The van der Waals surface area contributed by atoms with Crippen LogP contribution in [0.1, 0.15) is 21.5 Å². The molecule has 0 fully saturated rings. The molecule has 1 amide bonds. The standard InChI is InChI=1S/C17H16FNO3/c1-12-6-2-4-8-14(12)17(21)22-11-16(20)19-10-13-7-3-5-9-15(13)18/h2-9H,10-11H2,1H3,(H,19,20). The summed E-state index contributed by atoms with van der Waals surface area (Å²) in [4.78, 5) is 23.5. The first-order chi connectivity index (χ1) is 10.6.